The van der Waals surface area contributed by atoms with E-state index in [1.165, 1.54) is 37.8 Å². The largest absolute Gasteiger partial charge is 0.460 e. The van der Waals surface area contributed by atoms with Crippen LogP contribution in [0.2, 0.25) is 5.15 Å². The Labute approximate surface area is 216 Å². The molecule has 1 aromatic carbocycles. The maximum absolute atomic E-state index is 12.5. The van der Waals surface area contributed by atoms with Crippen LogP contribution in [0, 0.1) is 5.92 Å². The van der Waals surface area contributed by atoms with Gasteiger partial charge in [0.25, 0.3) is 0 Å². The van der Waals surface area contributed by atoms with Crippen LogP contribution in [0.3, 0.4) is 0 Å². The van der Waals surface area contributed by atoms with Gasteiger partial charge in [0.05, 0.1) is 29.7 Å². The third kappa shape index (κ3) is 8.42. The maximum atomic E-state index is 12.5. The highest BCUT2D eigenvalue weighted by atomic mass is 35.5. The van der Waals surface area contributed by atoms with E-state index in [1.807, 2.05) is 26.8 Å². The van der Waals surface area contributed by atoms with E-state index in [0.717, 1.165) is 23.5 Å². The molecule has 0 amide bonds. The molecule has 1 fully saturated rings. The Morgan fingerprint density at radius 1 is 1.14 bits per heavy atom. The van der Waals surface area contributed by atoms with Gasteiger partial charge in [-0.3, -0.25) is 4.79 Å². The maximum Gasteiger partial charge on any atom is 0.306 e. The number of hydrogen-bond acceptors (Lipinski definition) is 5. The Morgan fingerprint density at radius 2 is 1.86 bits per heavy atom. The van der Waals surface area contributed by atoms with Gasteiger partial charge in [0, 0.05) is 12.6 Å². The quantitative estimate of drug-likeness (QED) is 0.279. The monoisotopic (exact) mass is 499 g/mol. The van der Waals surface area contributed by atoms with Gasteiger partial charge < -0.3 is 15.0 Å². The molecule has 2 aromatic rings. The molecule has 1 atom stereocenters. The molecule has 192 valence electrons. The van der Waals surface area contributed by atoms with Crippen molar-refractivity contribution in [3.63, 3.8) is 0 Å². The Hall–Kier alpha value is -2.27. The van der Waals surface area contributed by atoms with Crippen molar-refractivity contribution in [2.45, 2.75) is 97.6 Å². The number of esters is 1. The number of rotatable bonds is 9. The number of pyridine rings is 1. The Morgan fingerprint density at radius 3 is 2.46 bits per heavy atom. The number of carbonyl (C=O) groups is 1. The zero-order valence-electron chi connectivity index (χ0n) is 22.2. The molecule has 0 radical (unpaired) electrons. The molecule has 1 heterocycles. The normalized spacial score (nSPS) is 15.7. The van der Waals surface area contributed by atoms with Crippen LogP contribution in [0.4, 0.5) is 17.1 Å². The lowest BCUT2D eigenvalue weighted by atomic mass is 9.92. The lowest BCUT2D eigenvalue weighted by Gasteiger charge is -2.38. The highest BCUT2D eigenvalue weighted by Crippen LogP contribution is 2.37. The third-order valence-corrected chi connectivity index (χ3v) is 6.60. The number of nitrogens with one attached hydrogen (secondary N) is 1. The number of nitrogens with zero attached hydrogens (tertiary/aromatic N) is 2. The van der Waals surface area contributed by atoms with Crippen molar-refractivity contribution in [1.29, 1.82) is 0 Å². The van der Waals surface area contributed by atoms with Crippen molar-refractivity contribution >= 4 is 34.6 Å². The average Bonchev–Trinajstić information content (AvgIpc) is 2.78. The fraction of sp³-hybridized carbons (Fsp3) is 0.586. The smallest absolute Gasteiger partial charge is 0.306 e. The SMILES string of the molecule is CC(C)CN(c1ccc(C(C)CC(=O)OC(C)(C)C)cc1Nc1ccc(Cl)nc1)C1CCCCC1. The first kappa shape index (κ1) is 27.3. The van der Waals surface area contributed by atoms with E-state index < -0.39 is 5.60 Å². The standard InChI is InChI=1S/C29H42ClN3O2/c1-20(2)19-33(24-10-8-7-9-11-24)26-14-12-22(21(3)16-28(34)35-29(4,5)6)17-25(26)32-23-13-15-27(30)31-18-23/h12-15,17-18,20-21,24,32H,7-11,16,19H2,1-6H3. The van der Waals surface area contributed by atoms with Crippen molar-refractivity contribution in [3.05, 3.63) is 47.2 Å². The Kier molecular flexibility index (Phi) is 9.46. The molecule has 3 rings (SSSR count). The minimum absolute atomic E-state index is 0.0380. The van der Waals surface area contributed by atoms with E-state index in [4.69, 9.17) is 16.3 Å². The molecular weight excluding hydrogens is 458 g/mol. The summed E-state index contributed by atoms with van der Waals surface area (Å²) >= 11 is 6.03. The molecule has 5 nitrogen and oxygen atoms in total. The van der Waals surface area contributed by atoms with E-state index in [9.17, 15) is 4.79 Å². The van der Waals surface area contributed by atoms with Gasteiger partial charge in [0.1, 0.15) is 10.8 Å². The highest BCUT2D eigenvalue weighted by molar-refractivity contribution is 6.29. The summed E-state index contributed by atoms with van der Waals surface area (Å²) in [6.45, 7) is 13.4. The second-order valence-corrected chi connectivity index (χ2v) is 11.7. The summed E-state index contributed by atoms with van der Waals surface area (Å²) in [7, 11) is 0. The van der Waals surface area contributed by atoms with Crippen LogP contribution < -0.4 is 10.2 Å². The first-order chi connectivity index (χ1) is 16.5. The van der Waals surface area contributed by atoms with Gasteiger partial charge in [-0.1, -0.05) is 57.7 Å². The van der Waals surface area contributed by atoms with Crippen LogP contribution in [0.1, 0.15) is 91.5 Å². The van der Waals surface area contributed by atoms with Gasteiger partial charge in [0.2, 0.25) is 0 Å². The molecule has 0 bridgehead atoms. The lowest BCUT2D eigenvalue weighted by molar-refractivity contribution is -0.155. The molecule has 1 aliphatic carbocycles. The van der Waals surface area contributed by atoms with Crippen molar-refractivity contribution in [2.75, 3.05) is 16.8 Å². The fourth-order valence-corrected chi connectivity index (χ4v) is 4.91. The zero-order chi connectivity index (χ0) is 25.6. The summed E-state index contributed by atoms with van der Waals surface area (Å²) < 4.78 is 5.57. The van der Waals surface area contributed by atoms with Gasteiger partial charge in [-0.05, 0) is 75.3 Å². The Bertz CT molecular complexity index is 963. The van der Waals surface area contributed by atoms with Crippen LogP contribution >= 0.6 is 11.6 Å². The summed E-state index contributed by atoms with van der Waals surface area (Å²) in [6, 6.07) is 10.9. The van der Waals surface area contributed by atoms with Crippen LogP contribution in [0.25, 0.3) is 0 Å². The van der Waals surface area contributed by atoms with Crippen LogP contribution in [-0.4, -0.2) is 29.1 Å². The molecule has 6 heteroatoms. The summed E-state index contributed by atoms with van der Waals surface area (Å²) in [6.07, 6.45) is 8.46. The first-order valence-electron chi connectivity index (χ1n) is 13.0. The van der Waals surface area contributed by atoms with Crippen LogP contribution in [0.5, 0.6) is 0 Å². The second kappa shape index (κ2) is 12.1. The van der Waals surface area contributed by atoms with Crippen molar-refractivity contribution in [1.82, 2.24) is 4.98 Å². The van der Waals surface area contributed by atoms with E-state index in [2.05, 4.69) is 54.2 Å². The van der Waals surface area contributed by atoms with Gasteiger partial charge >= 0.3 is 5.97 Å². The van der Waals surface area contributed by atoms with Gasteiger partial charge in [0.15, 0.2) is 0 Å². The summed E-state index contributed by atoms with van der Waals surface area (Å²) in [4.78, 5) is 19.3. The van der Waals surface area contributed by atoms with E-state index >= 15 is 0 Å². The number of benzene rings is 1. The molecule has 1 aliphatic rings. The number of hydrogen-bond donors (Lipinski definition) is 1. The average molecular weight is 500 g/mol. The van der Waals surface area contributed by atoms with E-state index in [1.54, 1.807) is 12.3 Å². The third-order valence-electron chi connectivity index (χ3n) is 6.38. The zero-order valence-corrected chi connectivity index (χ0v) is 23.0. The lowest BCUT2D eigenvalue weighted by Crippen LogP contribution is -2.39. The predicted molar refractivity (Wildman–Crippen MR) is 147 cm³/mol. The molecule has 0 spiro atoms. The predicted octanol–water partition coefficient (Wildman–Crippen LogP) is 8.11. The minimum atomic E-state index is -0.480. The number of ether oxygens (including phenoxy) is 1. The molecule has 35 heavy (non-hydrogen) atoms. The van der Waals surface area contributed by atoms with Crippen LogP contribution in [-0.2, 0) is 9.53 Å². The van der Waals surface area contributed by atoms with E-state index in [0.29, 0.717) is 23.5 Å². The van der Waals surface area contributed by atoms with Crippen molar-refractivity contribution < 1.29 is 9.53 Å². The number of halogens is 1. The Balaban J connectivity index is 1.95. The second-order valence-electron chi connectivity index (χ2n) is 11.3. The molecule has 1 unspecified atom stereocenters. The van der Waals surface area contributed by atoms with Crippen molar-refractivity contribution in [3.8, 4) is 0 Å². The topological polar surface area (TPSA) is 54.5 Å². The fourth-order valence-electron chi connectivity index (χ4n) is 4.80. The van der Waals surface area contributed by atoms with Gasteiger partial charge in [-0.25, -0.2) is 4.98 Å². The summed E-state index contributed by atoms with van der Waals surface area (Å²) in [5, 5.41) is 4.07. The minimum Gasteiger partial charge on any atom is -0.460 e. The van der Waals surface area contributed by atoms with Crippen molar-refractivity contribution in [2.24, 2.45) is 5.92 Å². The molecule has 1 N–H and O–H groups in total. The van der Waals surface area contributed by atoms with Gasteiger partial charge in [-0.15, -0.1) is 0 Å². The molecule has 1 saturated carbocycles. The molecule has 0 saturated heterocycles. The number of anilines is 3. The molecule has 1 aromatic heterocycles. The first-order valence-corrected chi connectivity index (χ1v) is 13.4. The highest BCUT2D eigenvalue weighted by Gasteiger charge is 2.25. The molecule has 0 aliphatic heterocycles. The van der Waals surface area contributed by atoms with Gasteiger partial charge in [-0.2, -0.15) is 0 Å². The van der Waals surface area contributed by atoms with Crippen LogP contribution in [0.15, 0.2) is 36.5 Å². The number of carbonyl (C=O) groups excluding carboxylic acids is 1. The summed E-state index contributed by atoms with van der Waals surface area (Å²) in [5.74, 6) is 0.415. The summed E-state index contributed by atoms with van der Waals surface area (Å²) in [5.41, 5.74) is 3.76. The van der Waals surface area contributed by atoms with E-state index in [-0.39, 0.29) is 11.9 Å². The molecular formula is C29H42ClN3O2. The number of aromatic nitrogens is 1.